The third-order valence-corrected chi connectivity index (χ3v) is 9.16. The molecule has 26 heavy (non-hydrogen) atoms. The molecule has 146 valence electrons. The van der Waals surface area contributed by atoms with Gasteiger partial charge < -0.3 is 15.3 Å². The minimum Gasteiger partial charge on any atom is -0.390 e. The van der Waals surface area contributed by atoms with Gasteiger partial charge in [-0.25, -0.2) is 0 Å². The summed E-state index contributed by atoms with van der Waals surface area (Å²) in [5.74, 6) is -0.112. The quantitative estimate of drug-likeness (QED) is 0.660. The van der Waals surface area contributed by atoms with Crippen molar-refractivity contribution in [3.8, 4) is 0 Å². The zero-order valence-electron chi connectivity index (χ0n) is 16.1. The van der Waals surface area contributed by atoms with Crippen molar-refractivity contribution in [2.75, 3.05) is 0 Å². The molecular weight excluding hydrogens is 332 g/mol. The maximum absolute atomic E-state index is 13.0. The Hall–Kier alpha value is -0.780. The van der Waals surface area contributed by atoms with E-state index in [4.69, 9.17) is 0 Å². The highest BCUT2D eigenvalue weighted by atomic mass is 16.3. The number of carbonyl (C=O) groups is 2. The van der Waals surface area contributed by atoms with Crippen LogP contribution in [0.25, 0.3) is 0 Å². The highest BCUT2D eigenvalue weighted by Gasteiger charge is 2.69. The van der Waals surface area contributed by atoms with Crippen molar-refractivity contribution in [3.05, 3.63) is 0 Å². The standard InChI is InChI=1S/C21H32O5/c1-11(22)12-5-7-21(26)14-8-16(23)15-9-17(24)18(25)10-19(15,2)13(14)4-6-20(12,21)3/h12-15,17-18,24-26H,4-10H2,1-3H3/t12-,13?,14?,15+,17-,18+,19-,20-,21-/m1/s1. The van der Waals surface area contributed by atoms with Gasteiger partial charge in [-0.3, -0.25) is 9.59 Å². The van der Waals surface area contributed by atoms with E-state index in [9.17, 15) is 24.9 Å². The second kappa shape index (κ2) is 5.62. The molecule has 4 rings (SSSR count). The summed E-state index contributed by atoms with van der Waals surface area (Å²) in [6.07, 6.45) is 2.36. The highest BCUT2D eigenvalue weighted by Crippen LogP contribution is 2.68. The van der Waals surface area contributed by atoms with E-state index in [2.05, 4.69) is 6.92 Å². The Balaban J connectivity index is 1.73. The summed E-state index contributed by atoms with van der Waals surface area (Å²) in [6.45, 7) is 5.74. The van der Waals surface area contributed by atoms with Crippen molar-refractivity contribution in [2.45, 2.75) is 83.5 Å². The fourth-order valence-electron chi connectivity index (χ4n) is 7.68. The van der Waals surface area contributed by atoms with E-state index in [0.29, 0.717) is 32.1 Å². The minimum absolute atomic E-state index is 0.114. The third kappa shape index (κ3) is 2.14. The van der Waals surface area contributed by atoms with Gasteiger partial charge in [-0.05, 0) is 62.7 Å². The van der Waals surface area contributed by atoms with Crippen molar-refractivity contribution in [1.82, 2.24) is 0 Å². The number of fused-ring (bicyclic) bond motifs is 5. The number of ketones is 2. The minimum atomic E-state index is -0.989. The maximum atomic E-state index is 13.0. The van der Waals surface area contributed by atoms with Crippen LogP contribution in [0.5, 0.6) is 0 Å². The Bertz CT molecular complexity index is 646. The lowest BCUT2D eigenvalue weighted by molar-refractivity contribution is -0.216. The van der Waals surface area contributed by atoms with Gasteiger partial charge in [0.1, 0.15) is 11.6 Å². The average molecular weight is 364 g/mol. The summed E-state index contributed by atoms with van der Waals surface area (Å²) < 4.78 is 0. The van der Waals surface area contributed by atoms with Gasteiger partial charge in [-0.2, -0.15) is 0 Å². The van der Waals surface area contributed by atoms with Crippen LogP contribution in [0.1, 0.15) is 65.7 Å². The highest BCUT2D eigenvalue weighted by molar-refractivity contribution is 5.84. The van der Waals surface area contributed by atoms with Crippen molar-refractivity contribution in [1.29, 1.82) is 0 Å². The largest absolute Gasteiger partial charge is 0.390 e. The second-order valence-corrected chi connectivity index (χ2v) is 10.1. The van der Waals surface area contributed by atoms with Crippen LogP contribution in [0.2, 0.25) is 0 Å². The molecule has 9 atom stereocenters. The van der Waals surface area contributed by atoms with E-state index >= 15 is 0 Å². The molecule has 0 radical (unpaired) electrons. The Labute approximate surface area is 155 Å². The molecule has 0 spiro atoms. The zero-order chi connectivity index (χ0) is 19.1. The number of aliphatic hydroxyl groups excluding tert-OH is 2. The molecule has 5 nitrogen and oxygen atoms in total. The molecule has 5 heteroatoms. The first-order valence-corrected chi connectivity index (χ1v) is 10.2. The first kappa shape index (κ1) is 18.6. The number of hydrogen-bond acceptors (Lipinski definition) is 5. The van der Waals surface area contributed by atoms with Crippen LogP contribution in [-0.2, 0) is 9.59 Å². The van der Waals surface area contributed by atoms with E-state index in [1.165, 1.54) is 0 Å². The lowest BCUT2D eigenvalue weighted by Gasteiger charge is -2.63. The predicted molar refractivity (Wildman–Crippen MR) is 95.1 cm³/mol. The summed E-state index contributed by atoms with van der Waals surface area (Å²) in [5.41, 5.74) is -1.84. The Morgan fingerprint density at radius 3 is 2.42 bits per heavy atom. The molecule has 0 heterocycles. The van der Waals surface area contributed by atoms with Crippen LogP contribution in [0.4, 0.5) is 0 Å². The SMILES string of the molecule is CC(=O)[C@H]1CC[C@@]2(O)C3CC(=O)[C@@H]4C[C@@H](O)[C@@H](O)C[C@]4(C)C3CC[C@]12C. The van der Waals surface area contributed by atoms with E-state index in [1.54, 1.807) is 6.92 Å². The molecule has 4 saturated carbocycles. The number of hydrogen-bond donors (Lipinski definition) is 3. The second-order valence-electron chi connectivity index (χ2n) is 10.1. The number of rotatable bonds is 1. The summed E-state index contributed by atoms with van der Waals surface area (Å²) in [4.78, 5) is 25.2. The van der Waals surface area contributed by atoms with Gasteiger partial charge in [0.25, 0.3) is 0 Å². The molecule has 3 N–H and O–H groups in total. The third-order valence-electron chi connectivity index (χ3n) is 9.16. The molecule has 0 aromatic rings. The van der Waals surface area contributed by atoms with E-state index in [1.807, 2.05) is 6.92 Å². The number of Topliss-reactive ketones (excluding diaryl/α,β-unsaturated/α-hetero) is 2. The molecule has 0 aliphatic heterocycles. The molecule has 0 saturated heterocycles. The number of aliphatic hydroxyl groups is 3. The predicted octanol–water partition coefficient (Wildman–Crippen LogP) is 1.86. The molecule has 0 aromatic carbocycles. The average Bonchev–Trinajstić information content (AvgIpc) is 2.83. The van der Waals surface area contributed by atoms with E-state index in [-0.39, 0.29) is 40.7 Å². The summed E-state index contributed by atoms with van der Waals surface area (Å²) in [5, 5.41) is 32.2. The fourth-order valence-corrected chi connectivity index (χ4v) is 7.68. The first-order valence-electron chi connectivity index (χ1n) is 10.2. The van der Waals surface area contributed by atoms with Gasteiger partial charge in [0.15, 0.2) is 0 Å². The first-order chi connectivity index (χ1) is 12.0. The van der Waals surface area contributed by atoms with Gasteiger partial charge in [-0.15, -0.1) is 0 Å². The smallest absolute Gasteiger partial charge is 0.137 e. The lowest BCUT2D eigenvalue weighted by Crippen LogP contribution is -2.65. The Kier molecular flexibility index (Phi) is 4.01. The van der Waals surface area contributed by atoms with Gasteiger partial charge in [0, 0.05) is 23.7 Å². The van der Waals surface area contributed by atoms with Crippen LogP contribution < -0.4 is 0 Å². The van der Waals surface area contributed by atoms with Gasteiger partial charge in [-0.1, -0.05) is 13.8 Å². The molecule has 2 unspecified atom stereocenters. The van der Waals surface area contributed by atoms with Gasteiger partial charge >= 0.3 is 0 Å². The summed E-state index contributed by atoms with van der Waals surface area (Å²) in [6, 6.07) is 0. The van der Waals surface area contributed by atoms with Crippen molar-refractivity contribution >= 4 is 11.6 Å². The Morgan fingerprint density at radius 1 is 1.08 bits per heavy atom. The normalized spacial score (nSPS) is 56.5. The topological polar surface area (TPSA) is 94.8 Å². The molecule has 0 amide bonds. The molecule has 0 bridgehead atoms. The maximum Gasteiger partial charge on any atom is 0.137 e. The van der Waals surface area contributed by atoms with Crippen molar-refractivity contribution < 1.29 is 24.9 Å². The van der Waals surface area contributed by atoms with Crippen LogP contribution >= 0.6 is 0 Å². The van der Waals surface area contributed by atoms with Crippen LogP contribution in [0.3, 0.4) is 0 Å². The van der Waals surface area contributed by atoms with Crippen LogP contribution in [-0.4, -0.2) is 44.7 Å². The monoisotopic (exact) mass is 364 g/mol. The van der Waals surface area contributed by atoms with Gasteiger partial charge in [0.2, 0.25) is 0 Å². The van der Waals surface area contributed by atoms with Crippen molar-refractivity contribution in [2.24, 2.45) is 34.5 Å². The fraction of sp³-hybridized carbons (Fsp3) is 0.905. The van der Waals surface area contributed by atoms with E-state index in [0.717, 1.165) is 12.8 Å². The van der Waals surface area contributed by atoms with Crippen LogP contribution in [0.15, 0.2) is 0 Å². The number of carbonyl (C=O) groups excluding carboxylic acids is 2. The molecular formula is C21H32O5. The Morgan fingerprint density at radius 2 is 1.77 bits per heavy atom. The van der Waals surface area contributed by atoms with Crippen LogP contribution in [0, 0.1) is 34.5 Å². The molecule has 4 aliphatic carbocycles. The van der Waals surface area contributed by atoms with Crippen molar-refractivity contribution in [3.63, 3.8) is 0 Å². The molecule has 4 fully saturated rings. The summed E-state index contributed by atoms with van der Waals surface area (Å²) in [7, 11) is 0. The lowest BCUT2D eigenvalue weighted by atomic mass is 9.43. The summed E-state index contributed by atoms with van der Waals surface area (Å²) >= 11 is 0. The molecule has 4 aliphatic rings. The van der Waals surface area contributed by atoms with Gasteiger partial charge in [0.05, 0.1) is 17.8 Å². The van der Waals surface area contributed by atoms with E-state index < -0.39 is 23.2 Å². The molecule has 0 aromatic heterocycles. The zero-order valence-corrected chi connectivity index (χ0v) is 16.1.